The molecular weight excluding hydrogens is 548 g/mol. The molecule has 0 aromatic carbocycles. The summed E-state index contributed by atoms with van der Waals surface area (Å²) in [5.74, 6) is -0.736. The first kappa shape index (κ1) is 26.7. The zero-order valence-corrected chi connectivity index (χ0v) is 23.4. The summed E-state index contributed by atoms with van der Waals surface area (Å²) < 4.78 is 0. The highest BCUT2D eigenvalue weighted by atomic mass is 35.5. The summed E-state index contributed by atoms with van der Waals surface area (Å²) in [6, 6.07) is 0. The number of aliphatic carboxylic acids is 1. The molecule has 2 atom stereocenters. The molecule has 4 heterocycles. The van der Waals surface area contributed by atoms with Crippen molar-refractivity contribution in [3.8, 4) is 0 Å². The van der Waals surface area contributed by atoms with Crippen LogP contribution in [-0.2, 0) is 35.3 Å². The second kappa shape index (κ2) is 10.0. The van der Waals surface area contributed by atoms with Gasteiger partial charge in [-0.1, -0.05) is 13.8 Å². The monoisotopic (exact) mass is 574 g/mol. The van der Waals surface area contributed by atoms with E-state index in [1.165, 1.54) is 35.3 Å². The molecule has 2 aliphatic rings. The SMILES string of the molecule is CCC1(C(=O)Cl)CCc2c(sc3nc[nH]c(=O)c23)C1.CCC1(C(=O)O)CCc2c(sc3nc[nH]c(=O)c23)C1. The molecule has 2 unspecified atom stereocenters. The first-order chi connectivity index (χ1) is 18.1. The lowest BCUT2D eigenvalue weighted by Gasteiger charge is -2.32. The third-order valence-corrected chi connectivity index (χ3v) is 11.0. The highest BCUT2D eigenvalue weighted by molar-refractivity contribution is 7.19. The molecule has 0 saturated carbocycles. The average Bonchev–Trinajstić information content (AvgIpc) is 3.46. The number of fused-ring (bicyclic) bond motifs is 6. The number of aromatic nitrogens is 4. The van der Waals surface area contributed by atoms with Crippen LogP contribution in [-0.4, -0.2) is 36.3 Å². The number of aryl methyl sites for hydroxylation is 2. The maximum atomic E-state index is 11.9. The number of aromatic amines is 2. The summed E-state index contributed by atoms with van der Waals surface area (Å²) in [6.45, 7) is 3.90. The Morgan fingerprint density at radius 1 is 0.895 bits per heavy atom. The molecule has 9 nitrogen and oxygen atoms in total. The number of carbonyl (C=O) groups is 2. The zero-order chi connectivity index (χ0) is 27.2. The molecule has 3 N–H and O–H groups in total. The van der Waals surface area contributed by atoms with Crippen LogP contribution in [0.15, 0.2) is 22.2 Å². The van der Waals surface area contributed by atoms with E-state index in [1.54, 1.807) is 0 Å². The van der Waals surface area contributed by atoms with Gasteiger partial charge in [0, 0.05) is 15.2 Å². The maximum absolute atomic E-state index is 11.9. The number of rotatable bonds is 4. The van der Waals surface area contributed by atoms with Crippen molar-refractivity contribution in [1.82, 2.24) is 19.9 Å². The fourth-order valence-corrected chi connectivity index (χ4v) is 8.63. The molecule has 0 saturated heterocycles. The Labute approximate surface area is 230 Å². The van der Waals surface area contributed by atoms with Gasteiger partial charge in [-0.3, -0.25) is 19.2 Å². The van der Waals surface area contributed by atoms with Crippen molar-refractivity contribution in [1.29, 1.82) is 0 Å². The maximum Gasteiger partial charge on any atom is 0.309 e. The standard InChI is InChI=1S/C13H13ClN2O2S.C13H14N2O3S/c1-2-13(12(14)18)4-3-7-8(5-13)19-11-9(7)10(17)15-6-16-11;1-2-13(12(17)18)4-3-7-8(5-13)19-11-9(7)10(16)14-6-15-11/h6H,2-5H2,1H3,(H,15,16,17);6H,2-5H2,1H3,(H,17,18)(H,14,15,16). The topological polar surface area (TPSA) is 146 Å². The summed E-state index contributed by atoms with van der Waals surface area (Å²) in [4.78, 5) is 64.2. The van der Waals surface area contributed by atoms with E-state index in [-0.39, 0.29) is 16.4 Å². The minimum atomic E-state index is -0.736. The zero-order valence-electron chi connectivity index (χ0n) is 21.0. The van der Waals surface area contributed by atoms with Gasteiger partial charge in [0.15, 0.2) is 0 Å². The Morgan fingerprint density at radius 2 is 1.34 bits per heavy atom. The van der Waals surface area contributed by atoms with Gasteiger partial charge >= 0.3 is 5.97 Å². The van der Waals surface area contributed by atoms with Crippen molar-refractivity contribution in [2.45, 2.75) is 65.2 Å². The number of hydrogen-bond donors (Lipinski definition) is 3. The molecule has 6 rings (SSSR count). The van der Waals surface area contributed by atoms with E-state index in [0.29, 0.717) is 54.1 Å². The number of thiophene rings is 2. The third-order valence-electron chi connectivity index (χ3n) is 8.28. The second-order valence-corrected chi connectivity index (χ2v) is 12.5. The van der Waals surface area contributed by atoms with Gasteiger partial charge in [-0.15, -0.1) is 22.7 Å². The van der Waals surface area contributed by atoms with Crippen LogP contribution < -0.4 is 11.1 Å². The molecule has 0 bridgehead atoms. The van der Waals surface area contributed by atoms with Gasteiger partial charge in [0.1, 0.15) is 9.66 Å². The van der Waals surface area contributed by atoms with E-state index in [9.17, 15) is 24.3 Å². The summed E-state index contributed by atoms with van der Waals surface area (Å²) in [5, 5.41) is 10.5. The van der Waals surface area contributed by atoms with Gasteiger partial charge in [-0.2, -0.15) is 0 Å². The number of nitrogens with zero attached hydrogens (tertiary/aromatic N) is 2. The van der Waals surface area contributed by atoms with Crippen LogP contribution in [0.1, 0.15) is 60.4 Å². The smallest absolute Gasteiger partial charge is 0.309 e. The summed E-state index contributed by atoms with van der Waals surface area (Å²) in [7, 11) is 0. The van der Waals surface area contributed by atoms with Gasteiger partial charge < -0.3 is 15.1 Å². The van der Waals surface area contributed by atoms with Crippen LogP contribution in [0.2, 0.25) is 0 Å². The number of carbonyl (C=O) groups excluding carboxylic acids is 1. The molecule has 2 aliphatic carbocycles. The Morgan fingerprint density at radius 3 is 1.76 bits per heavy atom. The number of carboxylic acids is 1. The molecule has 38 heavy (non-hydrogen) atoms. The lowest BCUT2D eigenvalue weighted by atomic mass is 9.72. The highest BCUT2D eigenvalue weighted by Gasteiger charge is 2.42. The largest absolute Gasteiger partial charge is 0.481 e. The van der Waals surface area contributed by atoms with Gasteiger partial charge in [0.25, 0.3) is 11.1 Å². The predicted molar refractivity (Wildman–Crippen MR) is 148 cm³/mol. The van der Waals surface area contributed by atoms with E-state index in [2.05, 4.69) is 19.9 Å². The van der Waals surface area contributed by atoms with Crippen molar-refractivity contribution < 1.29 is 14.7 Å². The molecule has 4 aromatic rings. The molecule has 0 spiro atoms. The first-order valence-corrected chi connectivity index (χ1v) is 14.5. The van der Waals surface area contributed by atoms with Crippen LogP contribution in [0.4, 0.5) is 0 Å². The fraction of sp³-hybridized carbons (Fsp3) is 0.462. The van der Waals surface area contributed by atoms with Crippen molar-refractivity contribution in [2.75, 3.05) is 0 Å². The van der Waals surface area contributed by atoms with Crippen molar-refractivity contribution in [3.63, 3.8) is 0 Å². The predicted octanol–water partition coefficient (Wildman–Crippen LogP) is 4.59. The van der Waals surface area contributed by atoms with Crippen molar-refractivity contribution >= 4 is 65.9 Å². The van der Waals surface area contributed by atoms with E-state index >= 15 is 0 Å². The molecular formula is C26H27ClN4O5S2. The number of halogens is 1. The van der Waals surface area contributed by atoms with E-state index in [0.717, 1.165) is 38.6 Å². The number of carboxylic acid groups (broad SMARTS) is 1. The van der Waals surface area contributed by atoms with Crippen LogP contribution >= 0.6 is 34.3 Å². The van der Waals surface area contributed by atoms with Gasteiger partial charge in [0.2, 0.25) is 5.24 Å². The van der Waals surface area contributed by atoms with Crippen LogP contribution in [0, 0.1) is 10.8 Å². The van der Waals surface area contributed by atoms with Crippen LogP contribution in [0.25, 0.3) is 20.4 Å². The van der Waals surface area contributed by atoms with Gasteiger partial charge in [-0.05, 0) is 74.1 Å². The first-order valence-electron chi connectivity index (χ1n) is 12.5. The molecule has 12 heteroatoms. The summed E-state index contributed by atoms with van der Waals surface area (Å²) in [6.07, 6.45) is 7.96. The van der Waals surface area contributed by atoms with E-state index in [4.69, 9.17) is 11.6 Å². The fourth-order valence-electron chi connectivity index (χ4n) is 5.67. The highest BCUT2D eigenvalue weighted by Crippen LogP contribution is 2.45. The normalized spacial score (nSPS) is 22.4. The number of nitrogens with one attached hydrogen (secondary N) is 2. The Balaban J connectivity index is 0.000000155. The lowest BCUT2D eigenvalue weighted by Crippen LogP contribution is -2.36. The second-order valence-electron chi connectivity index (χ2n) is 10.0. The summed E-state index contributed by atoms with van der Waals surface area (Å²) in [5.41, 5.74) is 0.685. The molecule has 0 fully saturated rings. The van der Waals surface area contributed by atoms with E-state index < -0.39 is 16.8 Å². The summed E-state index contributed by atoms with van der Waals surface area (Å²) >= 11 is 8.75. The Bertz CT molecular complexity index is 1560. The molecule has 0 radical (unpaired) electrons. The average molecular weight is 575 g/mol. The van der Waals surface area contributed by atoms with E-state index in [1.807, 2.05) is 13.8 Å². The number of H-pyrrole nitrogens is 2. The molecule has 0 aliphatic heterocycles. The van der Waals surface area contributed by atoms with Gasteiger partial charge in [0.05, 0.1) is 28.8 Å². The van der Waals surface area contributed by atoms with Gasteiger partial charge in [-0.25, -0.2) is 9.97 Å². The van der Waals surface area contributed by atoms with Crippen molar-refractivity contribution in [3.05, 3.63) is 54.2 Å². The minimum Gasteiger partial charge on any atom is -0.481 e. The quantitative estimate of drug-likeness (QED) is 0.302. The Hall–Kier alpha value is -2.89. The van der Waals surface area contributed by atoms with Crippen LogP contribution in [0.3, 0.4) is 0 Å². The molecule has 200 valence electrons. The van der Waals surface area contributed by atoms with Crippen LogP contribution in [0.5, 0.6) is 0 Å². The Kier molecular flexibility index (Phi) is 7.04. The van der Waals surface area contributed by atoms with Crippen molar-refractivity contribution in [2.24, 2.45) is 10.8 Å². The number of hydrogen-bond acceptors (Lipinski definition) is 8. The minimum absolute atomic E-state index is 0.0938. The molecule has 4 aromatic heterocycles. The third kappa shape index (κ3) is 4.30. The lowest BCUT2D eigenvalue weighted by molar-refractivity contribution is -0.150. The molecule has 0 amide bonds.